The number of carbonyl (C=O) groups excluding carboxylic acids is 1. The predicted molar refractivity (Wildman–Crippen MR) is 99.7 cm³/mol. The minimum absolute atomic E-state index is 0.0247. The third kappa shape index (κ3) is 4.31. The highest BCUT2D eigenvalue weighted by atomic mass is 35.5. The maximum atomic E-state index is 13.2. The molecule has 1 saturated heterocycles. The van der Waals surface area contributed by atoms with Crippen molar-refractivity contribution in [2.24, 2.45) is 0 Å². The van der Waals surface area contributed by atoms with E-state index in [1.54, 1.807) is 12.1 Å². The molecule has 0 aromatic heterocycles. The fraction of sp³-hybridized carbons (Fsp3) is 0.316. The zero-order chi connectivity index (χ0) is 18.7. The standard InChI is InChI=1S/C19H20ClF2N3O/c1-13(19(26)23-15-4-7-18(22)17(20)12-15)24-8-10-25(11-9-24)16-5-2-14(21)3-6-16/h2-7,12-13H,8-11H2,1H3,(H,23,26)/t13-/m1/s1. The molecule has 26 heavy (non-hydrogen) atoms. The first kappa shape index (κ1) is 18.6. The normalized spacial score (nSPS) is 16.4. The number of rotatable bonds is 4. The van der Waals surface area contributed by atoms with Crippen LogP contribution in [0.5, 0.6) is 0 Å². The van der Waals surface area contributed by atoms with Crippen LogP contribution in [0.1, 0.15) is 6.92 Å². The summed E-state index contributed by atoms with van der Waals surface area (Å²) in [6.07, 6.45) is 0. The Kier molecular flexibility index (Phi) is 5.74. The van der Waals surface area contributed by atoms with Gasteiger partial charge in [-0.3, -0.25) is 9.69 Å². The van der Waals surface area contributed by atoms with Gasteiger partial charge in [0.25, 0.3) is 0 Å². The van der Waals surface area contributed by atoms with Gasteiger partial charge in [0.2, 0.25) is 5.91 Å². The van der Waals surface area contributed by atoms with Crippen molar-refractivity contribution in [3.05, 3.63) is 59.1 Å². The monoisotopic (exact) mass is 379 g/mol. The summed E-state index contributed by atoms with van der Waals surface area (Å²) in [7, 11) is 0. The van der Waals surface area contributed by atoms with Crippen LogP contribution in [0.2, 0.25) is 5.02 Å². The van der Waals surface area contributed by atoms with Crippen LogP contribution in [0.3, 0.4) is 0 Å². The van der Waals surface area contributed by atoms with Crippen LogP contribution in [0, 0.1) is 11.6 Å². The number of nitrogens with zero attached hydrogens (tertiary/aromatic N) is 2. The molecule has 1 aliphatic rings. The Balaban J connectivity index is 1.55. The van der Waals surface area contributed by atoms with Gasteiger partial charge >= 0.3 is 0 Å². The van der Waals surface area contributed by atoms with Gasteiger partial charge in [0.15, 0.2) is 0 Å². The van der Waals surface area contributed by atoms with Gasteiger partial charge in [0.1, 0.15) is 11.6 Å². The summed E-state index contributed by atoms with van der Waals surface area (Å²) in [6, 6.07) is 10.2. The van der Waals surface area contributed by atoms with E-state index in [4.69, 9.17) is 11.6 Å². The van der Waals surface area contributed by atoms with Crippen LogP contribution in [0.15, 0.2) is 42.5 Å². The Labute approximate surface area is 156 Å². The maximum absolute atomic E-state index is 13.2. The fourth-order valence-corrected chi connectivity index (χ4v) is 3.19. The van der Waals surface area contributed by atoms with E-state index in [1.807, 2.05) is 6.92 Å². The van der Waals surface area contributed by atoms with Crippen LogP contribution >= 0.6 is 11.6 Å². The molecular weight excluding hydrogens is 360 g/mol. The van der Waals surface area contributed by atoms with Crippen molar-refractivity contribution in [3.8, 4) is 0 Å². The number of hydrogen-bond acceptors (Lipinski definition) is 3. The molecule has 3 rings (SSSR count). The first-order valence-corrected chi connectivity index (χ1v) is 8.82. The first-order valence-electron chi connectivity index (χ1n) is 8.44. The number of anilines is 2. The summed E-state index contributed by atoms with van der Waals surface area (Å²) in [4.78, 5) is 16.7. The number of carbonyl (C=O) groups is 1. The first-order chi connectivity index (χ1) is 12.4. The summed E-state index contributed by atoms with van der Waals surface area (Å²) in [5.74, 6) is -0.934. The third-order valence-corrected chi connectivity index (χ3v) is 4.91. The molecule has 1 amide bonds. The molecule has 0 spiro atoms. The second-order valence-corrected chi connectivity index (χ2v) is 6.70. The Bertz CT molecular complexity index is 777. The van der Waals surface area contributed by atoms with Crippen molar-refractivity contribution in [1.29, 1.82) is 0 Å². The molecule has 0 saturated carbocycles. The lowest BCUT2D eigenvalue weighted by Gasteiger charge is -2.38. The molecule has 2 aromatic carbocycles. The van der Waals surface area contributed by atoms with E-state index in [0.717, 1.165) is 31.9 Å². The Morgan fingerprint density at radius 1 is 1.08 bits per heavy atom. The van der Waals surface area contributed by atoms with Gasteiger partial charge in [-0.15, -0.1) is 0 Å². The Hall–Kier alpha value is -2.18. The van der Waals surface area contributed by atoms with Crippen LogP contribution in [0.25, 0.3) is 0 Å². The number of hydrogen-bond donors (Lipinski definition) is 1. The second-order valence-electron chi connectivity index (χ2n) is 6.29. The zero-order valence-electron chi connectivity index (χ0n) is 14.4. The molecule has 1 fully saturated rings. The van der Waals surface area contributed by atoms with Gasteiger partial charge in [-0.2, -0.15) is 0 Å². The van der Waals surface area contributed by atoms with Crippen LogP contribution in [-0.4, -0.2) is 43.0 Å². The zero-order valence-corrected chi connectivity index (χ0v) is 15.1. The van der Waals surface area contributed by atoms with Gasteiger partial charge in [0.05, 0.1) is 11.1 Å². The molecule has 4 nitrogen and oxygen atoms in total. The molecule has 1 N–H and O–H groups in total. The highest BCUT2D eigenvalue weighted by Gasteiger charge is 2.25. The summed E-state index contributed by atoms with van der Waals surface area (Å²) in [5, 5.41) is 2.74. The molecule has 0 bridgehead atoms. The molecule has 0 aliphatic carbocycles. The van der Waals surface area contributed by atoms with E-state index in [1.165, 1.54) is 30.3 Å². The molecule has 1 heterocycles. The van der Waals surface area contributed by atoms with E-state index in [9.17, 15) is 13.6 Å². The van der Waals surface area contributed by atoms with E-state index in [2.05, 4.69) is 15.1 Å². The van der Waals surface area contributed by atoms with E-state index < -0.39 is 5.82 Å². The minimum Gasteiger partial charge on any atom is -0.369 e. The summed E-state index contributed by atoms with van der Waals surface area (Å²) >= 11 is 5.74. The predicted octanol–water partition coefficient (Wildman–Crippen LogP) is 3.77. The summed E-state index contributed by atoms with van der Waals surface area (Å²) < 4.78 is 26.2. The Morgan fingerprint density at radius 2 is 1.73 bits per heavy atom. The van der Waals surface area contributed by atoms with Gasteiger partial charge in [0, 0.05) is 37.6 Å². The van der Waals surface area contributed by atoms with Gasteiger partial charge in [-0.25, -0.2) is 8.78 Å². The number of nitrogens with one attached hydrogen (secondary N) is 1. The number of amides is 1. The van der Waals surface area contributed by atoms with Crippen molar-refractivity contribution in [3.63, 3.8) is 0 Å². The molecule has 7 heteroatoms. The van der Waals surface area contributed by atoms with Crippen molar-refractivity contribution in [1.82, 2.24) is 4.90 Å². The molecule has 0 radical (unpaired) electrons. The molecule has 2 aromatic rings. The topological polar surface area (TPSA) is 35.6 Å². The maximum Gasteiger partial charge on any atom is 0.241 e. The lowest BCUT2D eigenvalue weighted by atomic mass is 10.2. The highest BCUT2D eigenvalue weighted by Crippen LogP contribution is 2.21. The van der Waals surface area contributed by atoms with E-state index in [0.29, 0.717) is 5.69 Å². The van der Waals surface area contributed by atoms with Gasteiger partial charge < -0.3 is 10.2 Å². The van der Waals surface area contributed by atoms with Crippen molar-refractivity contribution >= 4 is 28.9 Å². The number of halogens is 3. The number of piperazine rings is 1. The highest BCUT2D eigenvalue weighted by molar-refractivity contribution is 6.31. The van der Waals surface area contributed by atoms with Crippen LogP contribution in [-0.2, 0) is 4.79 Å². The minimum atomic E-state index is -0.519. The van der Waals surface area contributed by atoms with E-state index >= 15 is 0 Å². The largest absolute Gasteiger partial charge is 0.369 e. The van der Waals surface area contributed by atoms with Crippen LogP contribution < -0.4 is 10.2 Å². The quantitative estimate of drug-likeness (QED) is 0.878. The summed E-state index contributed by atoms with van der Waals surface area (Å²) in [6.45, 7) is 4.79. The Morgan fingerprint density at radius 3 is 2.35 bits per heavy atom. The second kappa shape index (κ2) is 8.01. The lowest BCUT2D eigenvalue weighted by Crippen LogP contribution is -2.52. The smallest absolute Gasteiger partial charge is 0.241 e. The van der Waals surface area contributed by atoms with E-state index in [-0.39, 0.29) is 22.8 Å². The average Bonchev–Trinajstić information content (AvgIpc) is 2.65. The van der Waals surface area contributed by atoms with Crippen molar-refractivity contribution in [2.75, 3.05) is 36.4 Å². The average molecular weight is 380 g/mol. The molecule has 0 unspecified atom stereocenters. The van der Waals surface area contributed by atoms with Crippen molar-refractivity contribution < 1.29 is 13.6 Å². The molecule has 1 aliphatic heterocycles. The molecular formula is C19H20ClF2N3O. The molecule has 138 valence electrons. The summed E-state index contributed by atoms with van der Waals surface area (Å²) in [5.41, 5.74) is 1.45. The van der Waals surface area contributed by atoms with Crippen LogP contribution in [0.4, 0.5) is 20.2 Å². The van der Waals surface area contributed by atoms with Crippen molar-refractivity contribution in [2.45, 2.75) is 13.0 Å². The molecule has 1 atom stereocenters. The van der Waals surface area contributed by atoms with Gasteiger partial charge in [-0.05, 0) is 49.4 Å². The lowest BCUT2D eigenvalue weighted by molar-refractivity contribution is -0.120. The van der Waals surface area contributed by atoms with Gasteiger partial charge in [-0.1, -0.05) is 11.6 Å². The fourth-order valence-electron chi connectivity index (χ4n) is 3.01. The number of benzene rings is 2. The third-order valence-electron chi connectivity index (χ3n) is 4.62. The SMILES string of the molecule is C[C@H](C(=O)Nc1ccc(F)c(Cl)c1)N1CCN(c2ccc(F)cc2)CC1.